The van der Waals surface area contributed by atoms with Gasteiger partial charge in [-0.3, -0.25) is 0 Å². The topological polar surface area (TPSA) is 50.7 Å². The fraction of sp³-hybridized carbons (Fsp3) is 0.600. The largest absolute Gasteiger partial charge is 0.573 e. The van der Waals surface area contributed by atoms with Gasteiger partial charge < -0.3 is 19.9 Å². The monoisotopic (exact) mass is 355 g/mol. The van der Waals surface area contributed by atoms with Gasteiger partial charge in [-0.25, -0.2) is 0 Å². The van der Waals surface area contributed by atoms with Crippen molar-refractivity contribution in [3.8, 4) is 5.75 Å². The Balaban J connectivity index is 0.00000264. The third kappa shape index (κ3) is 5.53. The molecule has 0 saturated carbocycles. The summed E-state index contributed by atoms with van der Waals surface area (Å²) in [6.07, 6.45) is -4.84. The molecule has 1 aliphatic heterocycles. The maximum absolute atomic E-state index is 12.5. The number of alkyl halides is 3. The number of benzene rings is 1. The van der Waals surface area contributed by atoms with Crippen molar-refractivity contribution in [1.29, 1.82) is 0 Å². The molecule has 8 heteroatoms. The highest BCUT2D eigenvalue weighted by Crippen LogP contribution is 2.32. The van der Waals surface area contributed by atoms with Crippen molar-refractivity contribution in [2.75, 3.05) is 19.7 Å². The Labute approximate surface area is 139 Å². The summed E-state index contributed by atoms with van der Waals surface area (Å²) < 4.78 is 47.0. The SMILES string of the molecule is CCC(O)(Cc1ccccc1OC(F)(F)F)C1CNCCO1.Cl. The van der Waals surface area contributed by atoms with E-state index in [9.17, 15) is 18.3 Å². The van der Waals surface area contributed by atoms with Crippen LogP contribution < -0.4 is 10.1 Å². The lowest BCUT2D eigenvalue weighted by Gasteiger charge is -2.38. The minimum Gasteiger partial charge on any atom is -0.406 e. The van der Waals surface area contributed by atoms with E-state index in [1.165, 1.54) is 18.2 Å². The van der Waals surface area contributed by atoms with Gasteiger partial charge in [0, 0.05) is 19.5 Å². The van der Waals surface area contributed by atoms with Crippen LogP contribution in [-0.2, 0) is 11.2 Å². The van der Waals surface area contributed by atoms with E-state index < -0.39 is 18.1 Å². The van der Waals surface area contributed by atoms with Crippen molar-refractivity contribution in [2.45, 2.75) is 37.8 Å². The van der Waals surface area contributed by atoms with Crippen molar-refractivity contribution in [3.63, 3.8) is 0 Å². The van der Waals surface area contributed by atoms with Gasteiger partial charge in [0.05, 0.1) is 18.3 Å². The second-order valence-electron chi connectivity index (χ2n) is 5.35. The average molecular weight is 356 g/mol. The van der Waals surface area contributed by atoms with Crippen LogP contribution in [0.15, 0.2) is 24.3 Å². The first-order valence-corrected chi connectivity index (χ1v) is 7.22. The van der Waals surface area contributed by atoms with Gasteiger partial charge in [0.2, 0.25) is 0 Å². The summed E-state index contributed by atoms with van der Waals surface area (Å²) in [5.41, 5.74) is -0.947. The van der Waals surface area contributed by atoms with E-state index in [0.29, 0.717) is 31.7 Å². The fourth-order valence-corrected chi connectivity index (χ4v) is 2.58. The minimum absolute atomic E-state index is 0. The van der Waals surface area contributed by atoms with Crippen LogP contribution in [-0.4, -0.2) is 42.9 Å². The molecule has 1 aliphatic rings. The number of hydrogen-bond donors (Lipinski definition) is 2. The predicted octanol–water partition coefficient (Wildman–Crippen LogP) is 2.68. The average Bonchev–Trinajstić information content (AvgIpc) is 2.48. The summed E-state index contributed by atoms with van der Waals surface area (Å²) in [5.74, 6) is -0.286. The Morgan fingerprint density at radius 3 is 2.61 bits per heavy atom. The highest BCUT2D eigenvalue weighted by atomic mass is 35.5. The summed E-state index contributed by atoms with van der Waals surface area (Å²) in [7, 11) is 0. The molecule has 2 atom stereocenters. The Morgan fingerprint density at radius 2 is 2.04 bits per heavy atom. The number of halogens is 4. The molecular weight excluding hydrogens is 335 g/mol. The molecule has 1 saturated heterocycles. The zero-order valence-corrected chi connectivity index (χ0v) is 13.5. The van der Waals surface area contributed by atoms with Crippen LogP contribution in [0, 0.1) is 0 Å². The van der Waals surface area contributed by atoms with Gasteiger partial charge in [0.15, 0.2) is 0 Å². The van der Waals surface area contributed by atoms with E-state index in [0.717, 1.165) is 0 Å². The second kappa shape index (κ2) is 8.19. The Kier molecular flexibility index (Phi) is 7.13. The van der Waals surface area contributed by atoms with Gasteiger partial charge in [-0.15, -0.1) is 25.6 Å². The van der Waals surface area contributed by atoms with Crippen molar-refractivity contribution in [2.24, 2.45) is 0 Å². The fourth-order valence-electron chi connectivity index (χ4n) is 2.58. The standard InChI is InChI=1S/C15H20F3NO3.ClH/c1-2-14(20,13-10-19-7-8-21-13)9-11-5-3-4-6-12(11)22-15(16,17)18;/h3-6,13,19-20H,2,7-10H2,1H3;1H. The number of morpholine rings is 1. The quantitative estimate of drug-likeness (QED) is 0.852. The van der Waals surface area contributed by atoms with Crippen molar-refractivity contribution in [3.05, 3.63) is 29.8 Å². The van der Waals surface area contributed by atoms with Gasteiger partial charge >= 0.3 is 6.36 Å². The lowest BCUT2D eigenvalue weighted by atomic mass is 9.85. The molecule has 4 nitrogen and oxygen atoms in total. The van der Waals surface area contributed by atoms with E-state index in [1.54, 1.807) is 13.0 Å². The van der Waals surface area contributed by atoms with Crippen molar-refractivity contribution < 1.29 is 27.8 Å². The minimum atomic E-state index is -4.76. The molecule has 2 N–H and O–H groups in total. The van der Waals surface area contributed by atoms with Crippen molar-refractivity contribution in [1.82, 2.24) is 5.32 Å². The molecule has 1 fully saturated rings. The Morgan fingerprint density at radius 1 is 1.35 bits per heavy atom. The third-order valence-corrected chi connectivity index (χ3v) is 3.83. The first kappa shape index (κ1) is 20.0. The first-order chi connectivity index (χ1) is 10.3. The normalized spacial score (nSPS) is 21.2. The summed E-state index contributed by atoms with van der Waals surface area (Å²) in [5, 5.41) is 13.9. The van der Waals surface area contributed by atoms with E-state index in [1.807, 2.05) is 0 Å². The van der Waals surface area contributed by atoms with Crippen molar-refractivity contribution >= 4 is 12.4 Å². The summed E-state index contributed by atoms with van der Waals surface area (Å²) in [4.78, 5) is 0. The molecule has 132 valence electrons. The maximum atomic E-state index is 12.5. The molecular formula is C15H21ClF3NO3. The summed E-state index contributed by atoms with van der Waals surface area (Å²) >= 11 is 0. The Bertz CT molecular complexity index is 495. The summed E-state index contributed by atoms with van der Waals surface area (Å²) in [6, 6.07) is 5.86. The molecule has 0 bridgehead atoms. The highest BCUT2D eigenvalue weighted by Gasteiger charge is 2.39. The molecule has 2 unspecified atom stereocenters. The van der Waals surface area contributed by atoms with E-state index in [-0.39, 0.29) is 24.6 Å². The smallest absolute Gasteiger partial charge is 0.406 e. The molecule has 0 radical (unpaired) electrons. The van der Waals surface area contributed by atoms with Crippen LogP contribution in [0.2, 0.25) is 0 Å². The predicted molar refractivity (Wildman–Crippen MR) is 81.9 cm³/mol. The maximum Gasteiger partial charge on any atom is 0.573 e. The lowest BCUT2D eigenvalue weighted by molar-refractivity contribution is -0.275. The molecule has 1 aromatic carbocycles. The van der Waals surface area contributed by atoms with Crippen LogP contribution in [0.4, 0.5) is 13.2 Å². The third-order valence-electron chi connectivity index (χ3n) is 3.83. The zero-order valence-electron chi connectivity index (χ0n) is 12.7. The van der Waals surface area contributed by atoms with Gasteiger partial charge in [-0.1, -0.05) is 25.1 Å². The molecule has 2 rings (SSSR count). The molecule has 0 spiro atoms. The number of rotatable bonds is 5. The molecule has 0 amide bonds. The lowest BCUT2D eigenvalue weighted by Crippen LogP contribution is -2.54. The van der Waals surface area contributed by atoms with E-state index in [2.05, 4.69) is 10.1 Å². The second-order valence-corrected chi connectivity index (χ2v) is 5.35. The number of aliphatic hydroxyl groups is 1. The number of ether oxygens (including phenoxy) is 2. The van der Waals surface area contributed by atoms with Crippen LogP contribution in [0.25, 0.3) is 0 Å². The number of nitrogens with one attached hydrogen (secondary N) is 1. The van der Waals surface area contributed by atoms with Crippen LogP contribution in [0.3, 0.4) is 0 Å². The van der Waals surface area contributed by atoms with Crippen LogP contribution >= 0.6 is 12.4 Å². The molecule has 0 aliphatic carbocycles. The van der Waals surface area contributed by atoms with Crippen LogP contribution in [0.5, 0.6) is 5.75 Å². The molecule has 1 aromatic rings. The molecule has 0 aromatic heterocycles. The van der Waals surface area contributed by atoms with Gasteiger partial charge in [-0.2, -0.15) is 0 Å². The van der Waals surface area contributed by atoms with E-state index in [4.69, 9.17) is 4.74 Å². The highest BCUT2D eigenvalue weighted by molar-refractivity contribution is 5.85. The first-order valence-electron chi connectivity index (χ1n) is 7.22. The van der Waals surface area contributed by atoms with E-state index >= 15 is 0 Å². The number of para-hydroxylation sites is 1. The molecule has 1 heterocycles. The van der Waals surface area contributed by atoms with Gasteiger partial charge in [0.1, 0.15) is 5.75 Å². The summed E-state index contributed by atoms with van der Waals surface area (Å²) in [6.45, 7) is 3.41. The Hall–Kier alpha value is -1.02. The number of hydrogen-bond acceptors (Lipinski definition) is 4. The van der Waals surface area contributed by atoms with Gasteiger partial charge in [0.25, 0.3) is 0 Å². The zero-order chi connectivity index (χ0) is 16.2. The molecule has 23 heavy (non-hydrogen) atoms. The van der Waals surface area contributed by atoms with Crippen LogP contribution in [0.1, 0.15) is 18.9 Å². The van der Waals surface area contributed by atoms with Gasteiger partial charge in [-0.05, 0) is 18.1 Å².